The van der Waals surface area contributed by atoms with Gasteiger partial charge in [0.2, 0.25) is 0 Å². The van der Waals surface area contributed by atoms with Crippen LogP contribution in [0.5, 0.6) is 11.6 Å². The molecule has 0 unspecified atom stereocenters. The number of carboxylic acids is 1. The summed E-state index contributed by atoms with van der Waals surface area (Å²) in [6.07, 6.45) is 1.33. The van der Waals surface area contributed by atoms with Crippen molar-refractivity contribution in [2.75, 3.05) is 0 Å². The summed E-state index contributed by atoms with van der Waals surface area (Å²) in [4.78, 5) is 24.9. The summed E-state index contributed by atoms with van der Waals surface area (Å²) in [5.74, 6) is -1.36. The molecule has 0 spiro atoms. The first kappa shape index (κ1) is 13.8. The second-order valence-corrected chi connectivity index (χ2v) is 4.04. The van der Waals surface area contributed by atoms with Crippen LogP contribution in [0.1, 0.15) is 10.4 Å². The number of rotatable bonds is 4. The Balaban J connectivity index is 2.38. The van der Waals surface area contributed by atoms with Gasteiger partial charge in [-0.25, -0.2) is 9.78 Å². The topological polar surface area (TPSA) is 103 Å². The first-order valence-electron chi connectivity index (χ1n) is 5.29. The molecule has 1 aromatic carbocycles. The van der Waals surface area contributed by atoms with E-state index in [1.54, 1.807) is 0 Å². The zero-order valence-corrected chi connectivity index (χ0v) is 10.6. The third-order valence-corrected chi connectivity index (χ3v) is 2.66. The lowest BCUT2D eigenvalue weighted by molar-refractivity contribution is -0.386. The van der Waals surface area contributed by atoms with E-state index in [1.807, 2.05) is 0 Å². The van der Waals surface area contributed by atoms with E-state index in [1.165, 1.54) is 36.5 Å². The van der Waals surface area contributed by atoms with E-state index in [-0.39, 0.29) is 27.9 Å². The maximum absolute atomic E-state index is 10.9. The van der Waals surface area contributed by atoms with Crippen LogP contribution in [0.2, 0.25) is 5.02 Å². The zero-order valence-electron chi connectivity index (χ0n) is 9.82. The van der Waals surface area contributed by atoms with E-state index in [2.05, 4.69) is 4.98 Å². The predicted octanol–water partition coefficient (Wildman–Crippen LogP) is 3.13. The Labute approximate surface area is 117 Å². The van der Waals surface area contributed by atoms with Crippen LogP contribution >= 0.6 is 11.6 Å². The largest absolute Gasteiger partial charge is 0.478 e. The molecule has 0 aliphatic heterocycles. The summed E-state index contributed by atoms with van der Waals surface area (Å²) >= 11 is 5.72. The van der Waals surface area contributed by atoms with Gasteiger partial charge in [-0.3, -0.25) is 10.1 Å². The van der Waals surface area contributed by atoms with Gasteiger partial charge in [0.25, 0.3) is 5.88 Å². The number of carboxylic acid groups (broad SMARTS) is 1. The second-order valence-electron chi connectivity index (χ2n) is 3.63. The summed E-state index contributed by atoms with van der Waals surface area (Å²) < 4.78 is 5.24. The van der Waals surface area contributed by atoms with Crippen molar-refractivity contribution in [2.24, 2.45) is 0 Å². The minimum atomic E-state index is -1.23. The molecule has 0 aliphatic carbocycles. The lowest BCUT2D eigenvalue weighted by Gasteiger charge is -2.06. The Bertz CT molecular complexity index is 689. The van der Waals surface area contributed by atoms with E-state index in [0.29, 0.717) is 0 Å². The predicted molar refractivity (Wildman–Crippen MR) is 69.4 cm³/mol. The number of aromatic nitrogens is 1. The van der Waals surface area contributed by atoms with Crippen molar-refractivity contribution in [3.05, 3.63) is 57.2 Å². The monoisotopic (exact) mass is 294 g/mol. The van der Waals surface area contributed by atoms with Crippen LogP contribution < -0.4 is 4.74 Å². The molecule has 8 heteroatoms. The second kappa shape index (κ2) is 5.54. The minimum absolute atomic E-state index is 0.0420. The van der Waals surface area contributed by atoms with E-state index in [9.17, 15) is 14.9 Å². The highest BCUT2D eigenvalue weighted by atomic mass is 35.5. The maximum Gasteiger partial charge on any atom is 0.337 e. The molecule has 0 fully saturated rings. The summed E-state index contributed by atoms with van der Waals surface area (Å²) in [7, 11) is 0. The number of ether oxygens (including phenoxy) is 1. The van der Waals surface area contributed by atoms with E-state index in [0.717, 1.165) is 0 Å². The molecule has 20 heavy (non-hydrogen) atoms. The van der Waals surface area contributed by atoms with Crippen molar-refractivity contribution in [1.29, 1.82) is 0 Å². The van der Waals surface area contributed by atoms with Crippen molar-refractivity contribution in [1.82, 2.24) is 4.98 Å². The lowest BCUT2D eigenvalue weighted by atomic mass is 10.2. The van der Waals surface area contributed by atoms with Crippen LogP contribution in [0.4, 0.5) is 5.69 Å². The normalized spacial score (nSPS) is 10.1. The highest BCUT2D eigenvalue weighted by molar-refractivity contribution is 6.33. The number of nitrogens with zero attached hydrogens (tertiary/aromatic N) is 2. The van der Waals surface area contributed by atoms with Gasteiger partial charge in [0.05, 0.1) is 15.5 Å². The van der Waals surface area contributed by atoms with Crippen molar-refractivity contribution >= 4 is 23.3 Å². The molecular weight excluding hydrogens is 288 g/mol. The van der Waals surface area contributed by atoms with E-state index >= 15 is 0 Å². The average Bonchev–Trinajstić information content (AvgIpc) is 2.41. The van der Waals surface area contributed by atoms with Crippen LogP contribution in [-0.2, 0) is 0 Å². The number of aromatic carboxylic acids is 1. The SMILES string of the molecule is O=C(O)c1cc(Oc2ncccc2[N+](=O)[O-])ccc1Cl. The van der Waals surface area contributed by atoms with Crippen LogP contribution in [-0.4, -0.2) is 21.0 Å². The minimum Gasteiger partial charge on any atom is -0.478 e. The fourth-order valence-electron chi connectivity index (χ4n) is 1.44. The third kappa shape index (κ3) is 2.83. The van der Waals surface area contributed by atoms with Gasteiger partial charge >= 0.3 is 11.7 Å². The summed E-state index contributed by atoms with van der Waals surface area (Å²) in [6.45, 7) is 0. The van der Waals surface area contributed by atoms with Crippen molar-refractivity contribution in [3.8, 4) is 11.6 Å². The zero-order chi connectivity index (χ0) is 14.7. The molecular formula is C12H7ClN2O5. The molecule has 0 aliphatic rings. The van der Waals surface area contributed by atoms with Crippen LogP contribution in [0.25, 0.3) is 0 Å². The van der Waals surface area contributed by atoms with Crippen molar-refractivity contribution < 1.29 is 19.6 Å². The lowest BCUT2D eigenvalue weighted by Crippen LogP contribution is -1.99. The fourth-order valence-corrected chi connectivity index (χ4v) is 1.64. The van der Waals surface area contributed by atoms with Gasteiger partial charge in [0, 0.05) is 12.3 Å². The molecule has 2 rings (SSSR count). The molecule has 102 valence electrons. The number of benzene rings is 1. The van der Waals surface area contributed by atoms with Gasteiger partial charge < -0.3 is 9.84 Å². The Hall–Kier alpha value is -2.67. The van der Waals surface area contributed by atoms with E-state index < -0.39 is 10.9 Å². The van der Waals surface area contributed by atoms with Gasteiger partial charge in [0.1, 0.15) is 5.75 Å². The fraction of sp³-hybridized carbons (Fsp3) is 0. The number of pyridine rings is 1. The first-order chi connectivity index (χ1) is 9.49. The molecule has 0 radical (unpaired) electrons. The van der Waals surface area contributed by atoms with Gasteiger partial charge in [-0.1, -0.05) is 11.6 Å². The number of hydrogen-bond acceptors (Lipinski definition) is 5. The summed E-state index contributed by atoms with van der Waals surface area (Å²) in [6, 6.07) is 6.53. The van der Waals surface area contributed by atoms with Crippen molar-refractivity contribution in [3.63, 3.8) is 0 Å². The Morgan fingerprint density at radius 1 is 1.40 bits per heavy atom. The molecule has 1 aromatic heterocycles. The first-order valence-corrected chi connectivity index (χ1v) is 5.67. The third-order valence-electron chi connectivity index (χ3n) is 2.33. The van der Waals surface area contributed by atoms with Crippen molar-refractivity contribution in [2.45, 2.75) is 0 Å². The molecule has 2 aromatic rings. The Morgan fingerprint density at radius 2 is 2.15 bits per heavy atom. The average molecular weight is 295 g/mol. The summed E-state index contributed by atoms with van der Waals surface area (Å²) in [5, 5.41) is 19.8. The summed E-state index contributed by atoms with van der Waals surface area (Å²) in [5.41, 5.74) is -0.484. The van der Waals surface area contributed by atoms with Crippen LogP contribution in [0, 0.1) is 10.1 Å². The van der Waals surface area contributed by atoms with Gasteiger partial charge in [0.15, 0.2) is 0 Å². The molecule has 0 atom stereocenters. The van der Waals surface area contributed by atoms with Gasteiger partial charge in [-0.2, -0.15) is 0 Å². The molecule has 1 heterocycles. The number of hydrogen-bond donors (Lipinski definition) is 1. The van der Waals surface area contributed by atoms with Gasteiger partial charge in [-0.05, 0) is 24.3 Å². The van der Waals surface area contributed by atoms with Crippen LogP contribution in [0.15, 0.2) is 36.5 Å². The van der Waals surface area contributed by atoms with Crippen LogP contribution in [0.3, 0.4) is 0 Å². The highest BCUT2D eigenvalue weighted by Gasteiger charge is 2.17. The highest BCUT2D eigenvalue weighted by Crippen LogP contribution is 2.30. The molecule has 0 saturated carbocycles. The number of carbonyl (C=O) groups is 1. The van der Waals surface area contributed by atoms with E-state index in [4.69, 9.17) is 21.4 Å². The quantitative estimate of drug-likeness (QED) is 0.686. The Morgan fingerprint density at radius 3 is 2.80 bits per heavy atom. The molecule has 0 bridgehead atoms. The molecule has 7 nitrogen and oxygen atoms in total. The molecule has 1 N–H and O–H groups in total. The standard InChI is InChI=1S/C12H7ClN2O5/c13-9-4-3-7(6-8(9)12(16)17)20-11-10(15(18)19)2-1-5-14-11/h1-6H,(H,16,17). The maximum atomic E-state index is 10.9. The van der Waals surface area contributed by atoms with Gasteiger partial charge in [-0.15, -0.1) is 0 Å². The number of nitro groups is 1. The molecule has 0 saturated heterocycles. The smallest absolute Gasteiger partial charge is 0.337 e. The number of halogens is 1. The molecule has 0 amide bonds. The Kier molecular flexibility index (Phi) is 3.81.